The maximum absolute atomic E-state index is 10.5. The van der Waals surface area contributed by atoms with Crippen LogP contribution >= 0.6 is 0 Å². The predicted octanol–water partition coefficient (Wildman–Crippen LogP) is -0.325. The summed E-state index contributed by atoms with van der Waals surface area (Å²) in [5, 5.41) is 8.28. The Hall–Kier alpha value is -1.66. The summed E-state index contributed by atoms with van der Waals surface area (Å²) < 4.78 is 4.33. The van der Waals surface area contributed by atoms with Crippen molar-refractivity contribution in [2.75, 3.05) is 6.61 Å². The zero-order chi connectivity index (χ0) is 9.56. The van der Waals surface area contributed by atoms with E-state index in [1.165, 1.54) is 0 Å². The molecule has 0 aliphatic heterocycles. The first kappa shape index (κ1) is 10.3. The Kier molecular flexibility index (Phi) is 4.35. The first-order valence-electron chi connectivity index (χ1n) is 3.07. The molecule has 0 heterocycles. The number of ether oxygens (including phenoxy) is 1. The molecule has 0 unspecified atom stereocenters. The van der Waals surface area contributed by atoms with E-state index in [9.17, 15) is 19.7 Å². The van der Waals surface area contributed by atoms with Crippen LogP contribution < -0.4 is 0 Å². The molecule has 0 atom stereocenters. The molecule has 0 bridgehead atoms. The van der Waals surface area contributed by atoms with Gasteiger partial charge < -0.3 is 4.74 Å². The monoisotopic (exact) mass is 177 g/mol. The van der Waals surface area contributed by atoms with E-state index in [-0.39, 0.29) is 6.61 Å². The predicted molar refractivity (Wildman–Crippen MR) is 34.3 cm³/mol. The lowest BCUT2D eigenvalue weighted by Crippen LogP contribution is -2.16. The third-order valence-electron chi connectivity index (χ3n) is 0.770. The highest BCUT2D eigenvalue weighted by Crippen LogP contribution is 1.90. The molecule has 0 amide bonds. The minimum absolute atomic E-state index is 0.116. The summed E-state index contributed by atoms with van der Waals surface area (Å²) in [4.78, 5) is 33.9. The fraction of sp³-hybridized carbons (Fsp3) is 0.600. The van der Waals surface area contributed by atoms with Gasteiger partial charge in [-0.25, -0.2) is 4.84 Å². The molecule has 68 valence electrons. The number of hydrogen-bond donors (Lipinski definition) is 0. The maximum atomic E-state index is 10.5. The normalized spacial score (nSPS) is 8.75. The van der Waals surface area contributed by atoms with Crippen LogP contribution in [0.3, 0.4) is 0 Å². The van der Waals surface area contributed by atoms with Gasteiger partial charge in [0.25, 0.3) is 0 Å². The number of carbonyl (C=O) groups is 2. The lowest BCUT2D eigenvalue weighted by molar-refractivity contribution is -0.729. The molecular formula is C5H7NO6. The molecule has 0 fully saturated rings. The quantitative estimate of drug-likeness (QED) is 0.252. The zero-order valence-corrected chi connectivity index (χ0v) is 6.31. The first-order chi connectivity index (χ1) is 5.56. The minimum atomic E-state index is -1.28. The topological polar surface area (TPSA) is 95.7 Å². The number of carbonyl (C=O) groups excluding carboxylic acids is 2. The van der Waals surface area contributed by atoms with Gasteiger partial charge in [-0.3, -0.25) is 9.59 Å². The minimum Gasteiger partial charge on any atom is -0.466 e. The average molecular weight is 177 g/mol. The SMILES string of the molecule is CCOC(=O)CC(=O)O[N+](=O)[O-]. The van der Waals surface area contributed by atoms with Gasteiger partial charge >= 0.3 is 17.0 Å². The summed E-state index contributed by atoms with van der Waals surface area (Å²) in [6.07, 6.45) is -0.741. The summed E-state index contributed by atoms with van der Waals surface area (Å²) >= 11 is 0. The van der Waals surface area contributed by atoms with E-state index in [4.69, 9.17) is 0 Å². The van der Waals surface area contributed by atoms with Crippen LogP contribution in [0.25, 0.3) is 0 Å². The molecule has 0 aromatic rings. The lowest BCUT2D eigenvalue weighted by Gasteiger charge is -1.98. The molecule has 0 aliphatic rings. The van der Waals surface area contributed by atoms with Crippen molar-refractivity contribution in [1.82, 2.24) is 0 Å². The zero-order valence-electron chi connectivity index (χ0n) is 6.31. The molecule has 7 nitrogen and oxygen atoms in total. The number of hydrogen-bond acceptors (Lipinski definition) is 6. The second-order valence-corrected chi connectivity index (χ2v) is 1.67. The molecule has 0 aromatic heterocycles. The Labute approximate surface area is 67.4 Å². The van der Waals surface area contributed by atoms with E-state index in [1.807, 2.05) is 0 Å². The van der Waals surface area contributed by atoms with E-state index < -0.39 is 23.4 Å². The van der Waals surface area contributed by atoms with Crippen LogP contribution in [-0.4, -0.2) is 23.6 Å². The van der Waals surface area contributed by atoms with Gasteiger partial charge in [0, 0.05) is 0 Å². The second kappa shape index (κ2) is 5.05. The van der Waals surface area contributed by atoms with E-state index in [0.717, 1.165) is 0 Å². The van der Waals surface area contributed by atoms with Crippen LogP contribution in [-0.2, 0) is 19.2 Å². The van der Waals surface area contributed by atoms with Crippen LogP contribution in [0.4, 0.5) is 0 Å². The summed E-state index contributed by atoms with van der Waals surface area (Å²) in [6.45, 7) is 1.67. The van der Waals surface area contributed by atoms with Crippen LogP contribution in [0.1, 0.15) is 13.3 Å². The van der Waals surface area contributed by atoms with Crippen molar-refractivity contribution in [3.8, 4) is 0 Å². The van der Waals surface area contributed by atoms with Gasteiger partial charge in [0.15, 0.2) is 0 Å². The highest BCUT2D eigenvalue weighted by atomic mass is 17.0. The fourth-order valence-electron chi connectivity index (χ4n) is 0.445. The Morgan fingerprint density at radius 1 is 1.42 bits per heavy atom. The number of nitrogens with zero attached hydrogens (tertiary/aromatic N) is 1. The molecule has 0 saturated heterocycles. The third-order valence-corrected chi connectivity index (χ3v) is 0.770. The molecule has 0 N–H and O–H groups in total. The molecule has 0 aromatic carbocycles. The Bertz CT molecular complexity index is 200. The summed E-state index contributed by atoms with van der Waals surface area (Å²) in [5.74, 6) is -2.08. The van der Waals surface area contributed by atoms with Crippen molar-refractivity contribution < 1.29 is 24.3 Å². The maximum Gasteiger partial charge on any atom is 0.315 e. The molecule has 12 heavy (non-hydrogen) atoms. The van der Waals surface area contributed by atoms with Gasteiger partial charge in [-0.1, -0.05) is 0 Å². The smallest absolute Gasteiger partial charge is 0.315 e. The van der Waals surface area contributed by atoms with Crippen molar-refractivity contribution in [2.24, 2.45) is 0 Å². The molecule has 0 aliphatic carbocycles. The molecule has 0 spiro atoms. The van der Waals surface area contributed by atoms with E-state index >= 15 is 0 Å². The van der Waals surface area contributed by atoms with Gasteiger partial charge in [-0.05, 0) is 6.92 Å². The number of rotatable bonds is 4. The highest BCUT2D eigenvalue weighted by molar-refractivity contribution is 5.90. The van der Waals surface area contributed by atoms with Crippen molar-refractivity contribution in [3.05, 3.63) is 10.1 Å². The Morgan fingerprint density at radius 2 is 2.00 bits per heavy atom. The van der Waals surface area contributed by atoms with Gasteiger partial charge in [0.1, 0.15) is 6.42 Å². The van der Waals surface area contributed by atoms with Crippen LogP contribution in [0.5, 0.6) is 0 Å². The lowest BCUT2D eigenvalue weighted by atomic mass is 10.4. The van der Waals surface area contributed by atoms with Crippen LogP contribution in [0.2, 0.25) is 0 Å². The summed E-state index contributed by atoms with van der Waals surface area (Å²) in [6, 6.07) is 0. The first-order valence-corrected chi connectivity index (χ1v) is 3.07. The number of esters is 1. The van der Waals surface area contributed by atoms with Gasteiger partial charge in [-0.2, -0.15) is 0 Å². The van der Waals surface area contributed by atoms with E-state index in [2.05, 4.69) is 9.57 Å². The van der Waals surface area contributed by atoms with Gasteiger partial charge in [-0.15, -0.1) is 10.1 Å². The van der Waals surface area contributed by atoms with Crippen molar-refractivity contribution >= 4 is 11.9 Å². The molecule has 0 radical (unpaired) electrons. The summed E-state index contributed by atoms with van der Waals surface area (Å²) in [7, 11) is 0. The highest BCUT2D eigenvalue weighted by Gasteiger charge is 2.13. The second-order valence-electron chi connectivity index (χ2n) is 1.67. The largest absolute Gasteiger partial charge is 0.466 e. The van der Waals surface area contributed by atoms with Crippen LogP contribution in [0.15, 0.2) is 0 Å². The van der Waals surface area contributed by atoms with Crippen molar-refractivity contribution in [2.45, 2.75) is 13.3 Å². The Balaban J connectivity index is 3.69. The standard InChI is InChI=1S/C5H7NO6/c1-2-11-4(7)3-5(8)12-6(9)10/h2-3H2,1H3. The summed E-state index contributed by atoms with van der Waals surface area (Å²) in [5.41, 5.74) is 0. The average Bonchev–Trinajstić information content (AvgIpc) is 1.84. The molecular weight excluding hydrogens is 170 g/mol. The van der Waals surface area contributed by atoms with E-state index in [1.54, 1.807) is 6.92 Å². The fourth-order valence-corrected chi connectivity index (χ4v) is 0.445. The third kappa shape index (κ3) is 5.15. The van der Waals surface area contributed by atoms with Gasteiger partial charge in [0.05, 0.1) is 6.61 Å². The van der Waals surface area contributed by atoms with Crippen molar-refractivity contribution in [3.63, 3.8) is 0 Å². The Morgan fingerprint density at radius 3 is 2.42 bits per heavy atom. The molecule has 0 rings (SSSR count). The molecule has 7 heteroatoms. The van der Waals surface area contributed by atoms with Crippen LogP contribution in [0, 0.1) is 10.1 Å². The van der Waals surface area contributed by atoms with Gasteiger partial charge in [0.2, 0.25) is 0 Å². The van der Waals surface area contributed by atoms with E-state index in [0.29, 0.717) is 0 Å². The molecule has 0 saturated carbocycles. The van der Waals surface area contributed by atoms with Crippen molar-refractivity contribution in [1.29, 1.82) is 0 Å².